The number of aryl methyl sites for hydroxylation is 1. The molecule has 0 atom stereocenters. The zero-order valence-corrected chi connectivity index (χ0v) is 19.2. The fourth-order valence-electron chi connectivity index (χ4n) is 4.39. The van der Waals surface area contributed by atoms with Gasteiger partial charge < -0.3 is 14.8 Å². The fraction of sp³-hybridized carbons (Fsp3) is 0.370. The largest absolute Gasteiger partial charge is 0.341 e. The molecular formula is C27H31N3O3. The maximum absolute atomic E-state index is 13.1. The average molecular weight is 446 g/mol. The van der Waals surface area contributed by atoms with Gasteiger partial charge in [-0.25, -0.2) is 0 Å². The molecule has 2 heterocycles. The number of hydrogen-bond acceptors (Lipinski definition) is 3. The minimum absolute atomic E-state index is 0.0436. The van der Waals surface area contributed by atoms with Crippen molar-refractivity contribution in [2.45, 2.75) is 52.0 Å². The summed E-state index contributed by atoms with van der Waals surface area (Å²) >= 11 is 0. The molecule has 0 aliphatic carbocycles. The van der Waals surface area contributed by atoms with Crippen molar-refractivity contribution in [3.8, 4) is 0 Å². The molecule has 4 rings (SSSR count). The number of amides is 2. The van der Waals surface area contributed by atoms with E-state index in [1.807, 2.05) is 53.4 Å². The number of fused-ring (bicyclic) bond motifs is 1. The zero-order valence-electron chi connectivity index (χ0n) is 19.2. The molecule has 1 fully saturated rings. The maximum Gasteiger partial charge on any atom is 0.296 e. The summed E-state index contributed by atoms with van der Waals surface area (Å²) in [7, 11) is 0. The lowest BCUT2D eigenvalue weighted by atomic mass is 10.1. The third kappa shape index (κ3) is 5.33. The quantitative estimate of drug-likeness (QED) is 0.399. The first-order chi connectivity index (χ1) is 16.1. The molecule has 1 aliphatic heterocycles. The van der Waals surface area contributed by atoms with Gasteiger partial charge in [0.25, 0.3) is 11.7 Å². The molecule has 0 bridgehead atoms. The third-order valence-electron chi connectivity index (χ3n) is 6.28. The average Bonchev–Trinajstić information content (AvgIpc) is 3.22. The summed E-state index contributed by atoms with van der Waals surface area (Å²) in [6.07, 6.45) is 8.11. The normalized spacial score (nSPS) is 13.8. The van der Waals surface area contributed by atoms with Crippen LogP contribution in [0.25, 0.3) is 10.9 Å². The second kappa shape index (κ2) is 10.5. The van der Waals surface area contributed by atoms with E-state index in [0.29, 0.717) is 16.6 Å². The van der Waals surface area contributed by atoms with Crippen LogP contribution < -0.4 is 5.32 Å². The van der Waals surface area contributed by atoms with E-state index in [2.05, 4.69) is 12.2 Å². The highest BCUT2D eigenvalue weighted by molar-refractivity contribution is 6.48. The number of para-hydroxylation sites is 1. The van der Waals surface area contributed by atoms with Gasteiger partial charge in [-0.3, -0.25) is 14.4 Å². The molecular weight excluding hydrogens is 414 g/mol. The Balaban J connectivity index is 1.50. The molecule has 0 spiro atoms. The van der Waals surface area contributed by atoms with Crippen LogP contribution in [0.4, 0.5) is 5.69 Å². The molecule has 1 aliphatic rings. The van der Waals surface area contributed by atoms with Crippen LogP contribution in [-0.2, 0) is 22.6 Å². The number of nitrogens with zero attached hydrogens (tertiary/aromatic N) is 2. The van der Waals surface area contributed by atoms with E-state index in [1.165, 1.54) is 5.56 Å². The van der Waals surface area contributed by atoms with Crippen LogP contribution in [0.5, 0.6) is 0 Å². The van der Waals surface area contributed by atoms with Crippen molar-refractivity contribution in [2.24, 2.45) is 0 Å². The molecule has 1 N–H and O–H groups in total. The first kappa shape index (κ1) is 22.8. The Bertz CT molecular complexity index is 1140. The van der Waals surface area contributed by atoms with Gasteiger partial charge in [0.1, 0.15) is 6.54 Å². The fourth-order valence-corrected chi connectivity index (χ4v) is 4.39. The number of likely N-dealkylation sites (tertiary alicyclic amines) is 1. The number of benzene rings is 2. The van der Waals surface area contributed by atoms with E-state index in [0.717, 1.165) is 57.1 Å². The lowest BCUT2D eigenvalue weighted by Gasteiger charge is -2.27. The molecule has 2 aromatic carbocycles. The number of ketones is 1. The molecule has 6 heteroatoms. The number of piperidine rings is 1. The number of hydrogen-bond donors (Lipinski definition) is 1. The van der Waals surface area contributed by atoms with E-state index in [1.54, 1.807) is 10.8 Å². The number of aromatic nitrogens is 1. The Morgan fingerprint density at radius 2 is 1.67 bits per heavy atom. The van der Waals surface area contributed by atoms with E-state index >= 15 is 0 Å². The van der Waals surface area contributed by atoms with E-state index < -0.39 is 11.7 Å². The van der Waals surface area contributed by atoms with Crippen LogP contribution >= 0.6 is 0 Å². The minimum Gasteiger partial charge on any atom is -0.341 e. The van der Waals surface area contributed by atoms with Gasteiger partial charge in [-0.1, -0.05) is 43.7 Å². The molecule has 1 aromatic heterocycles. The van der Waals surface area contributed by atoms with E-state index in [4.69, 9.17) is 0 Å². The third-order valence-corrected chi connectivity index (χ3v) is 6.28. The lowest BCUT2D eigenvalue weighted by molar-refractivity contribution is -0.132. The van der Waals surface area contributed by atoms with Crippen LogP contribution in [0.2, 0.25) is 0 Å². The molecule has 33 heavy (non-hydrogen) atoms. The molecule has 1 saturated heterocycles. The van der Waals surface area contributed by atoms with Crippen molar-refractivity contribution in [1.29, 1.82) is 0 Å². The van der Waals surface area contributed by atoms with Crippen LogP contribution in [-0.4, -0.2) is 40.2 Å². The molecule has 3 aromatic rings. The summed E-state index contributed by atoms with van der Waals surface area (Å²) in [6, 6.07) is 15.0. The van der Waals surface area contributed by atoms with Gasteiger partial charge in [0.05, 0.1) is 5.56 Å². The smallest absolute Gasteiger partial charge is 0.296 e. The Hall–Kier alpha value is -3.41. The van der Waals surface area contributed by atoms with Crippen molar-refractivity contribution in [3.63, 3.8) is 0 Å². The zero-order chi connectivity index (χ0) is 23.2. The summed E-state index contributed by atoms with van der Waals surface area (Å²) in [6.45, 7) is 3.88. The van der Waals surface area contributed by atoms with Crippen molar-refractivity contribution in [3.05, 3.63) is 65.9 Å². The number of carbonyl (C=O) groups is 3. The van der Waals surface area contributed by atoms with E-state index in [-0.39, 0.29) is 12.5 Å². The lowest BCUT2D eigenvalue weighted by Crippen LogP contribution is -2.37. The standard InChI is InChI=1S/C27H31N3O3/c1-2-3-9-20-12-14-21(15-13-20)28-27(33)26(32)23-18-30(24-11-6-5-10-22(23)24)19-25(31)29-16-7-4-8-17-29/h5-6,10-15,18H,2-4,7-9,16-17,19H2,1H3,(H,28,33). The van der Waals surface area contributed by atoms with Crippen molar-refractivity contribution in [2.75, 3.05) is 18.4 Å². The van der Waals surface area contributed by atoms with Gasteiger partial charge in [-0.2, -0.15) is 0 Å². The molecule has 6 nitrogen and oxygen atoms in total. The Kier molecular flexibility index (Phi) is 7.23. The molecule has 0 radical (unpaired) electrons. The predicted octanol–water partition coefficient (Wildman–Crippen LogP) is 4.82. The Labute approximate surface area is 194 Å². The number of rotatable bonds is 8. The van der Waals surface area contributed by atoms with Gasteiger partial charge in [-0.15, -0.1) is 0 Å². The maximum atomic E-state index is 13.1. The van der Waals surface area contributed by atoms with Crippen molar-refractivity contribution in [1.82, 2.24) is 9.47 Å². The van der Waals surface area contributed by atoms with Crippen molar-refractivity contribution >= 4 is 34.2 Å². The second-order valence-electron chi connectivity index (χ2n) is 8.71. The number of Topliss-reactive ketones (excluding diaryl/α,β-unsaturated/α-hetero) is 1. The highest BCUT2D eigenvalue weighted by Crippen LogP contribution is 2.23. The number of nitrogens with one attached hydrogen (secondary N) is 1. The number of unbranched alkanes of at least 4 members (excludes halogenated alkanes) is 1. The number of carbonyl (C=O) groups excluding carboxylic acids is 3. The van der Waals surface area contributed by atoms with Crippen LogP contribution in [0, 0.1) is 0 Å². The van der Waals surface area contributed by atoms with Crippen LogP contribution in [0.3, 0.4) is 0 Å². The monoisotopic (exact) mass is 445 g/mol. The summed E-state index contributed by atoms with van der Waals surface area (Å²) in [4.78, 5) is 40.5. The summed E-state index contributed by atoms with van der Waals surface area (Å²) in [5.74, 6) is -1.24. The van der Waals surface area contributed by atoms with Crippen molar-refractivity contribution < 1.29 is 14.4 Å². The predicted molar refractivity (Wildman–Crippen MR) is 130 cm³/mol. The molecule has 2 amide bonds. The molecule has 0 unspecified atom stereocenters. The molecule has 172 valence electrons. The van der Waals surface area contributed by atoms with Gasteiger partial charge in [0.2, 0.25) is 5.91 Å². The van der Waals surface area contributed by atoms with E-state index in [9.17, 15) is 14.4 Å². The van der Waals surface area contributed by atoms with Gasteiger partial charge in [0.15, 0.2) is 0 Å². The first-order valence-corrected chi connectivity index (χ1v) is 11.9. The summed E-state index contributed by atoms with van der Waals surface area (Å²) in [5.41, 5.74) is 2.90. The topological polar surface area (TPSA) is 71.4 Å². The second-order valence-corrected chi connectivity index (χ2v) is 8.71. The summed E-state index contributed by atoms with van der Waals surface area (Å²) < 4.78 is 1.79. The van der Waals surface area contributed by atoms with Crippen LogP contribution in [0.1, 0.15) is 54.9 Å². The highest BCUT2D eigenvalue weighted by Gasteiger charge is 2.23. The minimum atomic E-state index is -0.679. The molecule has 0 saturated carbocycles. The van der Waals surface area contributed by atoms with Crippen LogP contribution in [0.15, 0.2) is 54.7 Å². The van der Waals surface area contributed by atoms with Gasteiger partial charge in [0, 0.05) is 35.9 Å². The number of anilines is 1. The SMILES string of the molecule is CCCCc1ccc(NC(=O)C(=O)c2cn(CC(=O)N3CCCCC3)c3ccccc23)cc1. The van der Waals surface area contributed by atoms with Gasteiger partial charge in [-0.05, 0) is 55.9 Å². The Morgan fingerprint density at radius 1 is 0.939 bits per heavy atom. The highest BCUT2D eigenvalue weighted by atomic mass is 16.2. The van der Waals surface area contributed by atoms with Gasteiger partial charge >= 0.3 is 0 Å². The first-order valence-electron chi connectivity index (χ1n) is 11.9. The summed E-state index contributed by atoms with van der Waals surface area (Å²) in [5, 5.41) is 3.40. The Morgan fingerprint density at radius 3 is 2.39 bits per heavy atom.